The highest BCUT2D eigenvalue weighted by molar-refractivity contribution is 7.18. The van der Waals surface area contributed by atoms with Crippen LogP contribution in [0, 0.1) is 0 Å². The van der Waals surface area contributed by atoms with Crippen molar-refractivity contribution in [1.82, 2.24) is 9.97 Å². The Hall–Kier alpha value is -1.69. The van der Waals surface area contributed by atoms with E-state index in [2.05, 4.69) is 15.1 Å². The van der Waals surface area contributed by atoms with Crippen molar-refractivity contribution in [2.45, 2.75) is 39.0 Å². The maximum absolute atomic E-state index is 12.2. The lowest BCUT2D eigenvalue weighted by atomic mass is 9.97. The molecular formula is C13H15N3O2S. The number of rotatable bonds is 2. The second-order valence-corrected chi connectivity index (χ2v) is 6.00. The third-order valence-electron chi connectivity index (χ3n) is 3.47. The van der Waals surface area contributed by atoms with Gasteiger partial charge in [0.15, 0.2) is 0 Å². The van der Waals surface area contributed by atoms with E-state index in [1.54, 1.807) is 18.3 Å². The standard InChI is InChI=1S/C13H15N3O2S/c1-7(16-18)6-10-14-12(17)11-8-4-2-3-5-9(8)19-13(11)15-10/h18H,2-6H2,1H3,(H,14,15,17)/b16-7+. The molecule has 0 amide bonds. The predicted molar refractivity (Wildman–Crippen MR) is 75.5 cm³/mol. The molecule has 1 aliphatic rings. The molecule has 0 fully saturated rings. The van der Waals surface area contributed by atoms with Crippen LogP contribution in [-0.2, 0) is 19.3 Å². The van der Waals surface area contributed by atoms with Crippen molar-refractivity contribution in [2.75, 3.05) is 0 Å². The summed E-state index contributed by atoms with van der Waals surface area (Å²) >= 11 is 1.63. The summed E-state index contributed by atoms with van der Waals surface area (Å²) in [6.07, 6.45) is 4.75. The van der Waals surface area contributed by atoms with E-state index in [9.17, 15) is 4.79 Å². The molecule has 3 rings (SSSR count). The van der Waals surface area contributed by atoms with Gasteiger partial charge in [-0.1, -0.05) is 5.16 Å². The number of hydrogen-bond acceptors (Lipinski definition) is 5. The number of H-pyrrole nitrogens is 1. The lowest BCUT2D eigenvalue weighted by Gasteiger charge is -2.09. The summed E-state index contributed by atoms with van der Waals surface area (Å²) < 4.78 is 0. The minimum atomic E-state index is -0.0647. The molecule has 5 nitrogen and oxygen atoms in total. The fourth-order valence-electron chi connectivity index (χ4n) is 2.57. The van der Waals surface area contributed by atoms with Gasteiger partial charge in [-0.3, -0.25) is 4.79 Å². The minimum Gasteiger partial charge on any atom is -0.411 e. The number of thiophene rings is 1. The Morgan fingerprint density at radius 2 is 2.26 bits per heavy atom. The second-order valence-electron chi connectivity index (χ2n) is 4.92. The SMILES string of the molecule is C/C(Cc1nc2sc3c(c2c(=O)[nH]1)CCCC3)=N\O. The first kappa shape index (κ1) is 12.3. The molecule has 6 heteroatoms. The fraction of sp³-hybridized carbons (Fsp3) is 0.462. The number of aryl methyl sites for hydroxylation is 2. The zero-order valence-electron chi connectivity index (χ0n) is 10.7. The van der Waals surface area contributed by atoms with Crippen LogP contribution in [0.4, 0.5) is 0 Å². The van der Waals surface area contributed by atoms with Crippen molar-refractivity contribution in [3.05, 3.63) is 26.6 Å². The lowest BCUT2D eigenvalue weighted by Crippen LogP contribution is -2.14. The van der Waals surface area contributed by atoms with Crippen molar-refractivity contribution >= 4 is 27.3 Å². The summed E-state index contributed by atoms with van der Waals surface area (Å²) in [7, 11) is 0. The molecule has 19 heavy (non-hydrogen) atoms. The number of aromatic amines is 1. The number of aromatic nitrogens is 2. The van der Waals surface area contributed by atoms with Gasteiger partial charge in [0.2, 0.25) is 0 Å². The van der Waals surface area contributed by atoms with Gasteiger partial charge in [-0.05, 0) is 38.2 Å². The Morgan fingerprint density at radius 1 is 1.47 bits per heavy atom. The van der Waals surface area contributed by atoms with E-state index in [-0.39, 0.29) is 5.56 Å². The Labute approximate surface area is 114 Å². The van der Waals surface area contributed by atoms with Crippen LogP contribution in [0.5, 0.6) is 0 Å². The molecule has 0 aliphatic heterocycles. The molecule has 0 saturated carbocycles. The zero-order valence-corrected chi connectivity index (χ0v) is 11.5. The Morgan fingerprint density at radius 3 is 3.05 bits per heavy atom. The van der Waals surface area contributed by atoms with Gasteiger partial charge in [0.05, 0.1) is 11.1 Å². The van der Waals surface area contributed by atoms with E-state index in [0.717, 1.165) is 29.5 Å². The van der Waals surface area contributed by atoms with E-state index in [1.807, 2.05) is 0 Å². The average molecular weight is 277 g/mol. The van der Waals surface area contributed by atoms with E-state index in [4.69, 9.17) is 5.21 Å². The van der Waals surface area contributed by atoms with Crippen LogP contribution < -0.4 is 5.56 Å². The molecule has 2 aromatic rings. The molecular weight excluding hydrogens is 262 g/mol. The Kier molecular flexibility index (Phi) is 3.10. The van der Waals surface area contributed by atoms with Gasteiger partial charge in [-0.2, -0.15) is 0 Å². The molecule has 0 atom stereocenters. The van der Waals surface area contributed by atoms with Gasteiger partial charge in [0.1, 0.15) is 10.7 Å². The second kappa shape index (κ2) is 4.77. The Balaban J connectivity index is 2.14. The summed E-state index contributed by atoms with van der Waals surface area (Å²) in [5, 5.41) is 12.6. The predicted octanol–water partition coefficient (Wildman–Crippen LogP) is 2.26. The van der Waals surface area contributed by atoms with Gasteiger partial charge in [-0.15, -0.1) is 11.3 Å². The maximum Gasteiger partial charge on any atom is 0.259 e. The maximum atomic E-state index is 12.2. The van der Waals surface area contributed by atoms with Crippen LogP contribution in [0.15, 0.2) is 9.95 Å². The third-order valence-corrected chi connectivity index (χ3v) is 4.65. The molecule has 0 bridgehead atoms. The van der Waals surface area contributed by atoms with Gasteiger partial charge in [0, 0.05) is 11.3 Å². The zero-order chi connectivity index (χ0) is 13.4. The Bertz CT molecular complexity index is 714. The topological polar surface area (TPSA) is 78.3 Å². The summed E-state index contributed by atoms with van der Waals surface area (Å²) in [6, 6.07) is 0. The molecule has 2 heterocycles. The summed E-state index contributed by atoms with van der Waals surface area (Å²) in [6.45, 7) is 1.70. The highest BCUT2D eigenvalue weighted by Gasteiger charge is 2.19. The van der Waals surface area contributed by atoms with E-state index < -0.39 is 0 Å². The molecule has 2 aromatic heterocycles. The van der Waals surface area contributed by atoms with Crippen LogP contribution in [0.3, 0.4) is 0 Å². The van der Waals surface area contributed by atoms with E-state index >= 15 is 0 Å². The number of fused-ring (bicyclic) bond motifs is 3. The number of oxime groups is 1. The van der Waals surface area contributed by atoms with E-state index in [0.29, 0.717) is 18.0 Å². The molecule has 1 aliphatic carbocycles. The first-order valence-electron chi connectivity index (χ1n) is 6.40. The van der Waals surface area contributed by atoms with Crippen LogP contribution in [-0.4, -0.2) is 20.9 Å². The van der Waals surface area contributed by atoms with E-state index in [1.165, 1.54) is 16.9 Å². The first-order chi connectivity index (χ1) is 9.19. The molecule has 0 saturated heterocycles. The first-order valence-corrected chi connectivity index (χ1v) is 7.21. The summed E-state index contributed by atoms with van der Waals surface area (Å²) in [4.78, 5) is 21.6. The molecule has 2 N–H and O–H groups in total. The minimum absolute atomic E-state index is 0.0647. The lowest BCUT2D eigenvalue weighted by molar-refractivity contribution is 0.317. The average Bonchev–Trinajstić information content (AvgIpc) is 2.76. The molecule has 0 radical (unpaired) electrons. The van der Waals surface area contributed by atoms with Crippen molar-refractivity contribution in [1.29, 1.82) is 0 Å². The third kappa shape index (κ3) is 2.16. The van der Waals surface area contributed by atoms with Crippen molar-refractivity contribution in [3.63, 3.8) is 0 Å². The highest BCUT2D eigenvalue weighted by Crippen LogP contribution is 2.33. The quantitative estimate of drug-likeness (QED) is 0.502. The van der Waals surface area contributed by atoms with Crippen LogP contribution >= 0.6 is 11.3 Å². The van der Waals surface area contributed by atoms with Gasteiger partial charge < -0.3 is 10.2 Å². The highest BCUT2D eigenvalue weighted by atomic mass is 32.1. The molecule has 0 unspecified atom stereocenters. The van der Waals surface area contributed by atoms with Crippen molar-refractivity contribution in [3.8, 4) is 0 Å². The summed E-state index contributed by atoms with van der Waals surface area (Å²) in [5.41, 5.74) is 1.66. The molecule has 0 aromatic carbocycles. The van der Waals surface area contributed by atoms with Gasteiger partial charge >= 0.3 is 0 Å². The fourth-order valence-corrected chi connectivity index (χ4v) is 3.85. The van der Waals surface area contributed by atoms with Gasteiger partial charge in [-0.25, -0.2) is 4.98 Å². The molecule has 100 valence electrons. The van der Waals surface area contributed by atoms with Crippen molar-refractivity contribution in [2.24, 2.45) is 5.16 Å². The van der Waals surface area contributed by atoms with Crippen LogP contribution in [0.1, 0.15) is 36.0 Å². The normalized spacial score (nSPS) is 15.7. The number of nitrogens with one attached hydrogen (secondary N) is 1. The number of nitrogens with zero attached hydrogens (tertiary/aromatic N) is 2. The smallest absolute Gasteiger partial charge is 0.259 e. The van der Waals surface area contributed by atoms with Crippen molar-refractivity contribution < 1.29 is 5.21 Å². The van der Waals surface area contributed by atoms with Crippen LogP contribution in [0.25, 0.3) is 10.2 Å². The number of hydrogen-bond donors (Lipinski definition) is 2. The summed E-state index contributed by atoms with van der Waals surface area (Å²) in [5.74, 6) is 0.561. The largest absolute Gasteiger partial charge is 0.411 e. The molecule has 0 spiro atoms. The monoisotopic (exact) mass is 277 g/mol. The van der Waals surface area contributed by atoms with Gasteiger partial charge in [0.25, 0.3) is 5.56 Å². The van der Waals surface area contributed by atoms with Crippen LogP contribution in [0.2, 0.25) is 0 Å².